The molecule has 0 saturated heterocycles. The van der Waals surface area contributed by atoms with Crippen molar-refractivity contribution in [3.8, 4) is 0 Å². The molecule has 86 valence electrons. The third-order valence-corrected chi connectivity index (χ3v) is 2.40. The summed E-state index contributed by atoms with van der Waals surface area (Å²) < 4.78 is 0. The van der Waals surface area contributed by atoms with Crippen molar-refractivity contribution in [2.24, 2.45) is 0 Å². The number of rotatable bonds is 2. The lowest BCUT2D eigenvalue weighted by Crippen LogP contribution is -1.90. The van der Waals surface area contributed by atoms with Gasteiger partial charge >= 0.3 is 0 Å². The van der Waals surface area contributed by atoms with E-state index in [2.05, 4.69) is 47.6 Å². The van der Waals surface area contributed by atoms with Gasteiger partial charge in [0, 0.05) is 23.8 Å². The predicted octanol–water partition coefficient (Wildman–Crippen LogP) is 3.87. The average Bonchev–Trinajstić information content (AvgIpc) is 2.39. The van der Waals surface area contributed by atoms with E-state index in [-0.39, 0.29) is 0 Å². The Hall–Kier alpha value is -1.57. The minimum atomic E-state index is 0.986. The Morgan fingerprint density at radius 3 is 2.44 bits per heavy atom. The quantitative estimate of drug-likeness (QED) is 0.824. The minimum Gasteiger partial charge on any atom is -0.388 e. The van der Waals surface area contributed by atoms with E-state index in [1.807, 2.05) is 20.9 Å². The highest BCUT2D eigenvalue weighted by Gasteiger charge is 1.97. The van der Waals surface area contributed by atoms with Gasteiger partial charge in [-0.1, -0.05) is 32.9 Å². The zero-order chi connectivity index (χ0) is 12.0. The second-order valence-corrected chi connectivity index (χ2v) is 3.31. The Morgan fingerprint density at radius 2 is 1.81 bits per heavy atom. The molecule has 2 rings (SSSR count). The summed E-state index contributed by atoms with van der Waals surface area (Å²) >= 11 is 0. The first-order valence-corrected chi connectivity index (χ1v) is 5.91. The highest BCUT2D eigenvalue weighted by Crippen LogP contribution is 2.17. The average molecular weight is 216 g/mol. The number of benzene rings is 1. The molecule has 2 heteroatoms. The van der Waals surface area contributed by atoms with E-state index >= 15 is 0 Å². The summed E-state index contributed by atoms with van der Waals surface area (Å²) in [4.78, 5) is 4.56. The fraction of sp³-hybridized carbons (Fsp3) is 0.357. The number of fused-ring (bicyclic) bond motifs is 1. The molecule has 1 aromatic carbocycles. The third kappa shape index (κ3) is 2.72. The maximum absolute atomic E-state index is 4.56. The van der Waals surface area contributed by atoms with E-state index in [0.29, 0.717) is 0 Å². The van der Waals surface area contributed by atoms with E-state index in [9.17, 15) is 0 Å². The molecule has 1 heterocycles. The van der Waals surface area contributed by atoms with Gasteiger partial charge < -0.3 is 5.32 Å². The van der Waals surface area contributed by atoms with Crippen molar-refractivity contribution >= 4 is 16.6 Å². The number of nitrogens with one attached hydrogen (secondary N) is 1. The number of aromatic nitrogens is 1. The lowest BCUT2D eigenvalue weighted by molar-refractivity contribution is 1.06. The Morgan fingerprint density at radius 1 is 1.12 bits per heavy atom. The van der Waals surface area contributed by atoms with Crippen molar-refractivity contribution in [1.82, 2.24) is 4.98 Å². The molecule has 1 aromatic heterocycles. The molecule has 0 bridgehead atoms. The summed E-state index contributed by atoms with van der Waals surface area (Å²) in [5, 5.41) is 4.31. The minimum absolute atomic E-state index is 0.986. The highest BCUT2D eigenvalue weighted by atomic mass is 14.8. The van der Waals surface area contributed by atoms with Crippen molar-refractivity contribution in [3.05, 3.63) is 36.0 Å². The zero-order valence-corrected chi connectivity index (χ0v) is 10.5. The summed E-state index contributed by atoms with van der Waals surface area (Å²) in [5.74, 6) is 0. The molecular weight excluding hydrogens is 196 g/mol. The number of hydrogen-bond acceptors (Lipinski definition) is 2. The zero-order valence-electron chi connectivity index (χ0n) is 10.5. The van der Waals surface area contributed by atoms with E-state index < -0.39 is 0 Å². The molecule has 0 amide bonds. The topological polar surface area (TPSA) is 24.9 Å². The lowest BCUT2D eigenvalue weighted by atomic mass is 10.1. The van der Waals surface area contributed by atoms with Crippen LogP contribution in [0.25, 0.3) is 10.9 Å². The van der Waals surface area contributed by atoms with E-state index in [1.54, 1.807) is 0 Å². The molecule has 0 unspecified atom stereocenters. The van der Waals surface area contributed by atoms with Crippen LogP contribution >= 0.6 is 0 Å². The summed E-state index contributed by atoms with van der Waals surface area (Å²) in [6, 6.07) is 10.4. The van der Waals surface area contributed by atoms with Crippen molar-refractivity contribution in [1.29, 1.82) is 0 Å². The van der Waals surface area contributed by atoms with Crippen LogP contribution in [-0.2, 0) is 6.42 Å². The molecule has 2 aromatic rings. The second-order valence-electron chi connectivity index (χ2n) is 3.31. The molecule has 0 atom stereocenters. The van der Waals surface area contributed by atoms with Gasteiger partial charge in [0.1, 0.15) is 0 Å². The molecule has 16 heavy (non-hydrogen) atoms. The molecule has 0 radical (unpaired) electrons. The maximum atomic E-state index is 4.56. The standard InChI is InChI=1S/C12H14N2.C2H6/c1-3-10-6-4-9-5-7-11(13-2)8-12(9)14-10;1-2/h4-8,13H,3H2,1-2H3;1-2H3. The fourth-order valence-corrected chi connectivity index (χ4v) is 1.51. The molecule has 0 aliphatic rings. The molecular formula is C14H20N2. The highest BCUT2D eigenvalue weighted by molar-refractivity contribution is 5.82. The van der Waals surface area contributed by atoms with Crippen LogP contribution in [0.5, 0.6) is 0 Å². The van der Waals surface area contributed by atoms with Gasteiger partial charge in [-0.15, -0.1) is 0 Å². The molecule has 0 fully saturated rings. The smallest absolute Gasteiger partial charge is 0.0725 e. The molecule has 1 N–H and O–H groups in total. The van der Waals surface area contributed by atoms with Crippen LogP contribution in [-0.4, -0.2) is 12.0 Å². The van der Waals surface area contributed by atoms with Gasteiger partial charge in [-0.05, 0) is 24.6 Å². The maximum Gasteiger partial charge on any atom is 0.0725 e. The number of pyridine rings is 1. The second kappa shape index (κ2) is 6.11. The largest absolute Gasteiger partial charge is 0.388 e. The summed E-state index contributed by atoms with van der Waals surface area (Å²) in [5.41, 5.74) is 3.32. The Labute approximate surface area is 97.7 Å². The van der Waals surface area contributed by atoms with E-state index in [1.165, 1.54) is 5.39 Å². The number of anilines is 1. The van der Waals surface area contributed by atoms with E-state index in [4.69, 9.17) is 0 Å². The van der Waals surface area contributed by atoms with Crippen LogP contribution in [0.2, 0.25) is 0 Å². The van der Waals surface area contributed by atoms with Crippen LogP contribution in [0, 0.1) is 0 Å². The lowest BCUT2D eigenvalue weighted by Gasteiger charge is -2.03. The number of nitrogens with zero attached hydrogens (tertiary/aromatic N) is 1. The van der Waals surface area contributed by atoms with Crippen molar-refractivity contribution in [2.45, 2.75) is 27.2 Å². The molecule has 0 spiro atoms. The number of hydrogen-bond donors (Lipinski definition) is 1. The van der Waals surface area contributed by atoms with Crippen molar-refractivity contribution in [3.63, 3.8) is 0 Å². The predicted molar refractivity (Wildman–Crippen MR) is 72.0 cm³/mol. The SMILES string of the molecule is CC.CCc1ccc2ccc(NC)cc2n1. The Balaban J connectivity index is 0.000000606. The Bertz CT molecular complexity index is 411. The van der Waals surface area contributed by atoms with Gasteiger partial charge in [-0.2, -0.15) is 0 Å². The summed E-state index contributed by atoms with van der Waals surface area (Å²) in [7, 11) is 1.92. The van der Waals surface area contributed by atoms with Gasteiger partial charge in [-0.3, -0.25) is 4.98 Å². The van der Waals surface area contributed by atoms with Crippen LogP contribution in [0.3, 0.4) is 0 Å². The first kappa shape index (κ1) is 12.5. The van der Waals surface area contributed by atoms with Crippen LogP contribution < -0.4 is 5.32 Å². The summed E-state index contributed by atoms with van der Waals surface area (Å²) in [6.07, 6.45) is 0.986. The van der Waals surface area contributed by atoms with Gasteiger partial charge in [0.15, 0.2) is 0 Å². The third-order valence-electron chi connectivity index (χ3n) is 2.40. The van der Waals surface area contributed by atoms with Gasteiger partial charge in [0.05, 0.1) is 5.52 Å². The molecule has 2 nitrogen and oxygen atoms in total. The molecule has 0 aliphatic heterocycles. The normalized spacial score (nSPS) is 9.50. The molecule has 0 saturated carbocycles. The first-order valence-electron chi connectivity index (χ1n) is 5.91. The van der Waals surface area contributed by atoms with Crippen LogP contribution in [0.15, 0.2) is 30.3 Å². The van der Waals surface area contributed by atoms with Crippen LogP contribution in [0.4, 0.5) is 5.69 Å². The summed E-state index contributed by atoms with van der Waals surface area (Å²) in [6.45, 7) is 6.12. The monoisotopic (exact) mass is 216 g/mol. The molecule has 0 aliphatic carbocycles. The van der Waals surface area contributed by atoms with Gasteiger partial charge in [0.25, 0.3) is 0 Å². The van der Waals surface area contributed by atoms with Crippen molar-refractivity contribution in [2.75, 3.05) is 12.4 Å². The Kier molecular flexibility index (Phi) is 4.77. The number of aryl methyl sites for hydroxylation is 1. The van der Waals surface area contributed by atoms with Crippen molar-refractivity contribution < 1.29 is 0 Å². The van der Waals surface area contributed by atoms with Gasteiger partial charge in [-0.25, -0.2) is 0 Å². The fourth-order valence-electron chi connectivity index (χ4n) is 1.51. The van der Waals surface area contributed by atoms with E-state index in [0.717, 1.165) is 23.3 Å². The first-order chi connectivity index (χ1) is 7.83. The van der Waals surface area contributed by atoms with Crippen LogP contribution in [0.1, 0.15) is 26.5 Å². The van der Waals surface area contributed by atoms with Gasteiger partial charge in [0.2, 0.25) is 0 Å².